The SMILES string of the molecule is Cc1cc(NC(=O)CCCc2cccs2)cnc1Br. The molecule has 5 heteroatoms. The van der Waals surface area contributed by atoms with Gasteiger partial charge in [0, 0.05) is 11.3 Å². The van der Waals surface area contributed by atoms with Crippen molar-refractivity contribution in [3.05, 3.63) is 44.8 Å². The standard InChI is InChI=1S/C14H15BrN2OS/c1-10-8-11(9-16-14(10)15)17-13(18)6-2-4-12-5-3-7-19-12/h3,5,7-9H,2,4,6H2,1H3,(H,17,18). The van der Waals surface area contributed by atoms with Crippen LogP contribution in [0.5, 0.6) is 0 Å². The number of amides is 1. The van der Waals surface area contributed by atoms with Gasteiger partial charge in [-0.1, -0.05) is 6.07 Å². The van der Waals surface area contributed by atoms with E-state index < -0.39 is 0 Å². The molecule has 0 spiro atoms. The Bertz CT molecular complexity index is 555. The molecule has 0 aliphatic heterocycles. The van der Waals surface area contributed by atoms with E-state index in [1.54, 1.807) is 17.5 Å². The van der Waals surface area contributed by atoms with Crippen LogP contribution in [0.4, 0.5) is 5.69 Å². The molecule has 19 heavy (non-hydrogen) atoms. The molecule has 0 aliphatic rings. The van der Waals surface area contributed by atoms with Gasteiger partial charge in [-0.15, -0.1) is 11.3 Å². The van der Waals surface area contributed by atoms with E-state index in [2.05, 4.69) is 37.7 Å². The van der Waals surface area contributed by atoms with Crippen LogP contribution in [0.2, 0.25) is 0 Å². The number of nitrogens with zero attached hydrogens (tertiary/aromatic N) is 1. The lowest BCUT2D eigenvalue weighted by Gasteiger charge is -2.06. The van der Waals surface area contributed by atoms with Gasteiger partial charge in [-0.05, 0) is 58.8 Å². The average molecular weight is 339 g/mol. The Labute approximate surface area is 125 Å². The van der Waals surface area contributed by atoms with E-state index in [1.165, 1.54) is 4.88 Å². The van der Waals surface area contributed by atoms with Crippen molar-refractivity contribution in [2.45, 2.75) is 26.2 Å². The fraction of sp³-hybridized carbons (Fsp3) is 0.286. The van der Waals surface area contributed by atoms with E-state index in [-0.39, 0.29) is 5.91 Å². The lowest BCUT2D eigenvalue weighted by atomic mass is 10.2. The normalized spacial score (nSPS) is 10.4. The molecule has 0 fully saturated rings. The zero-order chi connectivity index (χ0) is 13.7. The van der Waals surface area contributed by atoms with E-state index in [1.807, 2.05) is 19.1 Å². The summed E-state index contributed by atoms with van der Waals surface area (Å²) < 4.78 is 0.809. The smallest absolute Gasteiger partial charge is 0.224 e. The molecule has 100 valence electrons. The highest BCUT2D eigenvalue weighted by Crippen LogP contribution is 2.17. The topological polar surface area (TPSA) is 42.0 Å². The van der Waals surface area contributed by atoms with Crippen LogP contribution in [0.1, 0.15) is 23.3 Å². The Morgan fingerprint density at radius 2 is 2.37 bits per heavy atom. The largest absolute Gasteiger partial charge is 0.325 e. The first kappa shape index (κ1) is 14.2. The number of carbonyl (C=O) groups is 1. The fourth-order valence-corrected chi connectivity index (χ4v) is 2.70. The molecule has 2 aromatic rings. The summed E-state index contributed by atoms with van der Waals surface area (Å²) in [5.41, 5.74) is 1.76. The van der Waals surface area contributed by atoms with Crippen molar-refractivity contribution >= 4 is 38.9 Å². The van der Waals surface area contributed by atoms with Crippen molar-refractivity contribution < 1.29 is 4.79 Å². The molecular weight excluding hydrogens is 324 g/mol. The minimum Gasteiger partial charge on any atom is -0.325 e. The second-order valence-electron chi connectivity index (χ2n) is 4.31. The predicted octanol–water partition coefficient (Wildman–Crippen LogP) is 4.18. The number of pyridine rings is 1. The van der Waals surface area contributed by atoms with Crippen LogP contribution in [0.25, 0.3) is 0 Å². The van der Waals surface area contributed by atoms with E-state index in [0.29, 0.717) is 6.42 Å². The molecule has 0 saturated carbocycles. The average Bonchev–Trinajstić information content (AvgIpc) is 2.87. The molecule has 1 N–H and O–H groups in total. The first-order valence-corrected chi connectivity index (χ1v) is 7.77. The minimum atomic E-state index is 0.0417. The lowest BCUT2D eigenvalue weighted by molar-refractivity contribution is -0.116. The number of hydrogen-bond donors (Lipinski definition) is 1. The van der Waals surface area contributed by atoms with Crippen molar-refractivity contribution in [2.75, 3.05) is 5.32 Å². The molecule has 0 radical (unpaired) electrons. The highest BCUT2D eigenvalue weighted by molar-refractivity contribution is 9.10. The molecule has 0 saturated heterocycles. The van der Waals surface area contributed by atoms with Crippen LogP contribution in [-0.2, 0) is 11.2 Å². The van der Waals surface area contributed by atoms with Gasteiger partial charge < -0.3 is 5.32 Å². The first-order valence-electron chi connectivity index (χ1n) is 6.09. The second-order valence-corrected chi connectivity index (χ2v) is 6.10. The number of halogens is 1. The number of aromatic nitrogens is 1. The molecule has 0 aromatic carbocycles. The van der Waals surface area contributed by atoms with Gasteiger partial charge in [0.05, 0.1) is 11.9 Å². The van der Waals surface area contributed by atoms with Gasteiger partial charge in [0.15, 0.2) is 0 Å². The molecule has 0 aliphatic carbocycles. The first-order chi connectivity index (χ1) is 9.15. The van der Waals surface area contributed by atoms with Crippen LogP contribution in [0, 0.1) is 6.92 Å². The summed E-state index contributed by atoms with van der Waals surface area (Å²) in [4.78, 5) is 17.3. The van der Waals surface area contributed by atoms with E-state index in [0.717, 1.165) is 28.7 Å². The quantitative estimate of drug-likeness (QED) is 0.831. The minimum absolute atomic E-state index is 0.0417. The Balaban J connectivity index is 1.79. The summed E-state index contributed by atoms with van der Waals surface area (Å²) in [7, 11) is 0. The Hall–Kier alpha value is -1.20. The lowest BCUT2D eigenvalue weighted by Crippen LogP contribution is -2.11. The van der Waals surface area contributed by atoms with Crippen LogP contribution >= 0.6 is 27.3 Å². The molecule has 2 heterocycles. The zero-order valence-corrected chi connectivity index (χ0v) is 13.1. The summed E-state index contributed by atoms with van der Waals surface area (Å²) in [6.07, 6.45) is 4.03. The summed E-state index contributed by atoms with van der Waals surface area (Å²) >= 11 is 5.07. The monoisotopic (exact) mass is 338 g/mol. The predicted molar refractivity (Wildman–Crippen MR) is 82.6 cm³/mol. The van der Waals surface area contributed by atoms with Crippen molar-refractivity contribution in [1.29, 1.82) is 0 Å². The third-order valence-electron chi connectivity index (χ3n) is 2.71. The third-order valence-corrected chi connectivity index (χ3v) is 4.47. The summed E-state index contributed by atoms with van der Waals surface area (Å²) in [6, 6.07) is 6.05. The highest BCUT2D eigenvalue weighted by Gasteiger charge is 2.05. The van der Waals surface area contributed by atoms with Gasteiger partial charge in [0.1, 0.15) is 4.60 Å². The summed E-state index contributed by atoms with van der Waals surface area (Å²) in [5.74, 6) is 0.0417. The molecule has 3 nitrogen and oxygen atoms in total. The Morgan fingerprint density at radius 3 is 3.05 bits per heavy atom. The van der Waals surface area contributed by atoms with Crippen molar-refractivity contribution in [1.82, 2.24) is 4.98 Å². The van der Waals surface area contributed by atoms with Crippen molar-refractivity contribution in [2.24, 2.45) is 0 Å². The third kappa shape index (κ3) is 4.44. The van der Waals surface area contributed by atoms with Crippen LogP contribution < -0.4 is 5.32 Å². The second kappa shape index (κ2) is 6.82. The van der Waals surface area contributed by atoms with E-state index in [4.69, 9.17) is 0 Å². The number of aryl methyl sites for hydroxylation is 2. The van der Waals surface area contributed by atoms with Crippen molar-refractivity contribution in [3.8, 4) is 0 Å². The summed E-state index contributed by atoms with van der Waals surface area (Å²) in [6.45, 7) is 1.95. The molecule has 2 rings (SSSR count). The van der Waals surface area contributed by atoms with E-state index in [9.17, 15) is 4.79 Å². The van der Waals surface area contributed by atoms with Gasteiger partial charge in [-0.3, -0.25) is 4.79 Å². The van der Waals surface area contributed by atoms with Gasteiger partial charge in [0.2, 0.25) is 5.91 Å². The molecule has 1 amide bonds. The van der Waals surface area contributed by atoms with Gasteiger partial charge in [0.25, 0.3) is 0 Å². The molecular formula is C14H15BrN2OS. The number of thiophene rings is 1. The van der Waals surface area contributed by atoms with Crippen LogP contribution in [0.3, 0.4) is 0 Å². The number of hydrogen-bond acceptors (Lipinski definition) is 3. The van der Waals surface area contributed by atoms with E-state index >= 15 is 0 Å². The molecule has 0 bridgehead atoms. The van der Waals surface area contributed by atoms with Crippen LogP contribution in [-0.4, -0.2) is 10.9 Å². The Morgan fingerprint density at radius 1 is 1.53 bits per heavy atom. The van der Waals surface area contributed by atoms with Gasteiger partial charge >= 0.3 is 0 Å². The fourth-order valence-electron chi connectivity index (χ4n) is 1.73. The molecule has 0 unspecified atom stereocenters. The maximum absolute atomic E-state index is 11.8. The summed E-state index contributed by atoms with van der Waals surface area (Å²) in [5, 5.41) is 4.93. The maximum Gasteiger partial charge on any atom is 0.224 e. The number of rotatable bonds is 5. The number of nitrogens with one attached hydrogen (secondary N) is 1. The molecule has 2 aromatic heterocycles. The van der Waals surface area contributed by atoms with Crippen molar-refractivity contribution in [3.63, 3.8) is 0 Å². The molecule has 0 atom stereocenters. The highest BCUT2D eigenvalue weighted by atomic mass is 79.9. The number of anilines is 1. The Kier molecular flexibility index (Phi) is 5.10. The number of carbonyl (C=O) groups excluding carboxylic acids is 1. The van der Waals surface area contributed by atoms with Gasteiger partial charge in [-0.2, -0.15) is 0 Å². The maximum atomic E-state index is 11.8. The zero-order valence-electron chi connectivity index (χ0n) is 10.6. The van der Waals surface area contributed by atoms with Crippen LogP contribution in [0.15, 0.2) is 34.4 Å². The van der Waals surface area contributed by atoms with Gasteiger partial charge in [-0.25, -0.2) is 4.98 Å².